The number of rotatable bonds is 11. The zero-order valence-corrected chi connectivity index (χ0v) is 12.1. The molecule has 0 radical (unpaired) electrons. The van der Waals surface area contributed by atoms with E-state index in [2.05, 4.69) is 6.92 Å². The summed E-state index contributed by atoms with van der Waals surface area (Å²) in [7, 11) is 1.79. The lowest BCUT2D eigenvalue weighted by Crippen LogP contribution is -1.88. The molecule has 0 saturated heterocycles. The summed E-state index contributed by atoms with van der Waals surface area (Å²) < 4.78 is 5.01. The summed E-state index contributed by atoms with van der Waals surface area (Å²) in [4.78, 5) is 8.74. The normalized spacial score (nSPS) is 9.22. The molecule has 0 atom stereocenters. The fourth-order valence-electron chi connectivity index (χ4n) is 1.73. The summed E-state index contributed by atoms with van der Waals surface area (Å²) >= 11 is 0. The van der Waals surface area contributed by atoms with E-state index in [0.717, 1.165) is 12.5 Å². The molecule has 3 nitrogen and oxygen atoms in total. The zero-order valence-electron chi connectivity index (χ0n) is 12.1. The first-order valence-corrected chi connectivity index (χ1v) is 7.16. The average molecular weight is 258 g/mol. The van der Waals surface area contributed by atoms with Gasteiger partial charge in [0, 0.05) is 13.7 Å². The zero-order chi connectivity index (χ0) is 13.9. The molecule has 0 fully saturated rings. The third kappa shape index (κ3) is 24.4. The van der Waals surface area contributed by atoms with Gasteiger partial charge >= 0.3 is 0 Å². The van der Waals surface area contributed by atoms with Gasteiger partial charge in [0.1, 0.15) is 0 Å². The van der Waals surface area contributed by atoms with Crippen LogP contribution in [0.5, 0.6) is 0 Å². The van der Waals surface area contributed by atoms with Crippen molar-refractivity contribution in [2.45, 2.75) is 71.1 Å². The molecule has 0 amide bonds. The van der Waals surface area contributed by atoms with Crippen LogP contribution < -0.4 is 0 Å². The van der Waals surface area contributed by atoms with Crippen molar-refractivity contribution in [2.24, 2.45) is 0 Å². The van der Waals surface area contributed by atoms with Crippen LogP contribution in [0.3, 0.4) is 0 Å². The van der Waals surface area contributed by atoms with Gasteiger partial charge in [-0.1, -0.05) is 64.7 Å². The lowest BCUT2D eigenvalue weighted by atomic mass is 10.1. The molecule has 0 spiro atoms. The van der Waals surface area contributed by atoms with Crippen molar-refractivity contribution in [3.63, 3.8) is 0 Å². The highest BCUT2D eigenvalue weighted by Gasteiger charge is 1.91. The summed E-state index contributed by atoms with van der Waals surface area (Å²) in [5.41, 5.74) is 0. The molecule has 0 heterocycles. The Morgan fingerprint density at radius 2 is 1.33 bits per heavy atom. The van der Waals surface area contributed by atoms with Crippen molar-refractivity contribution in [3.8, 4) is 0 Å². The lowest BCUT2D eigenvalue weighted by Gasteiger charge is -2.01. The number of methoxy groups -OCH3 is 1. The van der Waals surface area contributed by atoms with Crippen molar-refractivity contribution in [2.75, 3.05) is 13.7 Å². The summed E-state index contributed by atoms with van der Waals surface area (Å²) in [5.74, 6) is 1.11. The number of hydrogen-bond donors (Lipinski definition) is 1. The van der Waals surface area contributed by atoms with Gasteiger partial charge in [0.2, 0.25) is 0 Å². The van der Waals surface area contributed by atoms with Crippen LogP contribution in [0.15, 0.2) is 6.26 Å². The Bertz CT molecular complexity index is 163. The summed E-state index contributed by atoms with van der Waals surface area (Å²) in [5, 5.41) is 7.33. The van der Waals surface area contributed by atoms with Crippen molar-refractivity contribution >= 4 is 5.94 Å². The van der Waals surface area contributed by atoms with E-state index in [0.29, 0.717) is 6.26 Å². The van der Waals surface area contributed by atoms with Gasteiger partial charge in [-0.2, -0.15) is 0 Å². The first-order valence-electron chi connectivity index (χ1n) is 7.16. The Morgan fingerprint density at radius 3 is 1.67 bits per heavy atom. The molecule has 0 aliphatic rings. The minimum atomic E-state index is 0.319. The van der Waals surface area contributed by atoms with Crippen molar-refractivity contribution in [1.29, 1.82) is 0 Å². The molecule has 108 valence electrons. The Balaban J connectivity index is 0. The van der Waals surface area contributed by atoms with Crippen LogP contribution >= 0.6 is 0 Å². The number of carbonyl (C=O) groups excluding carboxylic acids is 1. The fraction of sp³-hybridized carbons (Fsp3) is 0.867. The Morgan fingerprint density at radius 1 is 0.944 bits per heavy atom. The maximum Gasteiger partial charge on any atom is 0.163 e. The highest BCUT2D eigenvalue weighted by atomic mass is 16.5. The van der Waals surface area contributed by atoms with E-state index in [9.17, 15) is 0 Å². The molecular weight excluding hydrogens is 228 g/mol. The maximum atomic E-state index is 8.74. The highest BCUT2D eigenvalue weighted by molar-refractivity contribution is 5.41. The quantitative estimate of drug-likeness (QED) is 0.338. The number of aliphatic hydroxyl groups excluding tert-OH is 1. The third-order valence-electron chi connectivity index (χ3n) is 2.75. The van der Waals surface area contributed by atoms with Crippen LogP contribution in [0.25, 0.3) is 0 Å². The van der Waals surface area contributed by atoms with Crippen molar-refractivity contribution < 1.29 is 14.6 Å². The van der Waals surface area contributed by atoms with Crippen LogP contribution in [0.1, 0.15) is 71.1 Å². The third-order valence-corrected chi connectivity index (χ3v) is 2.75. The molecule has 0 aromatic rings. The maximum absolute atomic E-state index is 8.74. The second kappa shape index (κ2) is 21.5. The van der Waals surface area contributed by atoms with Gasteiger partial charge < -0.3 is 9.84 Å². The van der Waals surface area contributed by atoms with Gasteiger partial charge in [0.05, 0.1) is 0 Å². The lowest BCUT2D eigenvalue weighted by molar-refractivity contribution is 0.192. The topological polar surface area (TPSA) is 46.5 Å². The summed E-state index contributed by atoms with van der Waals surface area (Å²) in [6, 6.07) is 0. The average Bonchev–Trinajstić information content (AvgIpc) is 2.41. The number of unbranched alkanes of at least 4 members (excludes halogenated alkanes) is 9. The summed E-state index contributed by atoms with van der Waals surface area (Å²) in [6.45, 7) is 3.21. The molecule has 3 heteroatoms. The SMILES string of the molecule is CCCCCCCCCCCCOC.O=C=CO. The molecule has 0 aromatic carbocycles. The molecule has 0 aliphatic carbocycles. The van der Waals surface area contributed by atoms with Gasteiger partial charge in [-0.3, -0.25) is 0 Å². The van der Waals surface area contributed by atoms with Crippen LogP contribution in [0.2, 0.25) is 0 Å². The Hall–Kier alpha value is -0.790. The molecule has 0 saturated carbocycles. The standard InChI is InChI=1S/C13H28O.C2H2O2/c1-3-4-5-6-7-8-9-10-11-12-13-14-2;3-1-2-4/h3-13H2,1-2H3;1,3H. The van der Waals surface area contributed by atoms with Crippen molar-refractivity contribution in [3.05, 3.63) is 6.26 Å². The van der Waals surface area contributed by atoms with Crippen LogP contribution in [0.4, 0.5) is 0 Å². The van der Waals surface area contributed by atoms with E-state index in [1.54, 1.807) is 7.11 Å². The van der Waals surface area contributed by atoms with Gasteiger partial charge in [0.25, 0.3) is 0 Å². The molecule has 0 bridgehead atoms. The second-order valence-corrected chi connectivity index (χ2v) is 4.42. The van der Waals surface area contributed by atoms with Crippen LogP contribution in [0, 0.1) is 0 Å². The van der Waals surface area contributed by atoms with Crippen molar-refractivity contribution in [1.82, 2.24) is 0 Å². The molecular formula is C15H30O3. The summed E-state index contributed by atoms with van der Waals surface area (Å²) in [6.07, 6.45) is 14.3. The molecule has 0 aliphatic heterocycles. The minimum absolute atomic E-state index is 0.319. The molecule has 18 heavy (non-hydrogen) atoms. The van der Waals surface area contributed by atoms with Gasteiger partial charge in [-0.05, 0) is 6.42 Å². The van der Waals surface area contributed by atoms with Crippen LogP contribution in [-0.4, -0.2) is 24.8 Å². The number of aliphatic hydroxyl groups is 1. The largest absolute Gasteiger partial charge is 0.504 e. The number of ether oxygens (including phenoxy) is 1. The molecule has 0 aromatic heterocycles. The first-order chi connectivity index (χ1) is 8.83. The van der Waals surface area contributed by atoms with E-state index >= 15 is 0 Å². The van der Waals surface area contributed by atoms with E-state index < -0.39 is 0 Å². The highest BCUT2D eigenvalue weighted by Crippen LogP contribution is 2.10. The van der Waals surface area contributed by atoms with Gasteiger partial charge in [0.15, 0.2) is 12.2 Å². The molecule has 1 N–H and O–H groups in total. The minimum Gasteiger partial charge on any atom is -0.504 e. The number of hydrogen-bond acceptors (Lipinski definition) is 3. The predicted molar refractivity (Wildman–Crippen MR) is 76.6 cm³/mol. The van der Waals surface area contributed by atoms with E-state index in [4.69, 9.17) is 14.6 Å². The first kappa shape index (κ1) is 19.5. The fourth-order valence-corrected chi connectivity index (χ4v) is 1.73. The van der Waals surface area contributed by atoms with Gasteiger partial charge in [-0.15, -0.1) is 0 Å². The van der Waals surface area contributed by atoms with Gasteiger partial charge in [-0.25, -0.2) is 4.79 Å². The van der Waals surface area contributed by atoms with E-state index in [1.165, 1.54) is 64.2 Å². The second-order valence-electron chi connectivity index (χ2n) is 4.42. The Labute approximate surface area is 112 Å². The van der Waals surface area contributed by atoms with E-state index in [-0.39, 0.29) is 0 Å². The van der Waals surface area contributed by atoms with E-state index in [1.807, 2.05) is 0 Å². The smallest absolute Gasteiger partial charge is 0.163 e. The molecule has 0 rings (SSSR count). The molecule has 0 unspecified atom stereocenters. The Kier molecular flexibility index (Phi) is 23.3. The monoisotopic (exact) mass is 258 g/mol. The predicted octanol–water partition coefficient (Wildman–Crippen LogP) is 4.44. The van der Waals surface area contributed by atoms with Crippen LogP contribution in [-0.2, 0) is 9.53 Å².